The van der Waals surface area contributed by atoms with Gasteiger partial charge in [0.05, 0.1) is 18.7 Å². The summed E-state index contributed by atoms with van der Waals surface area (Å²) in [4.78, 5) is 11.3. The molecule has 1 fully saturated rings. The zero-order valence-electron chi connectivity index (χ0n) is 15.2. The van der Waals surface area contributed by atoms with Gasteiger partial charge in [0.1, 0.15) is 17.1 Å². The molecule has 1 atom stereocenters. The van der Waals surface area contributed by atoms with Crippen molar-refractivity contribution in [1.29, 1.82) is 0 Å². The first-order chi connectivity index (χ1) is 13.2. The summed E-state index contributed by atoms with van der Waals surface area (Å²) in [5, 5.41) is 8.92. The first-order valence-electron chi connectivity index (χ1n) is 8.99. The fourth-order valence-electron chi connectivity index (χ4n) is 3.59. The van der Waals surface area contributed by atoms with Gasteiger partial charge >= 0.3 is 0 Å². The number of nitrogens with one attached hydrogen (secondary N) is 1. The minimum absolute atomic E-state index is 0.428. The fraction of sp³-hybridized carbons (Fsp3) is 0.316. The van der Waals surface area contributed by atoms with E-state index in [0.717, 1.165) is 47.8 Å². The third-order valence-corrected chi connectivity index (χ3v) is 4.89. The van der Waals surface area contributed by atoms with Gasteiger partial charge in [-0.15, -0.1) is 5.10 Å². The highest BCUT2D eigenvalue weighted by atomic mass is 16.5. The van der Waals surface area contributed by atoms with Gasteiger partial charge in [-0.05, 0) is 25.1 Å². The van der Waals surface area contributed by atoms with Crippen molar-refractivity contribution >= 4 is 22.4 Å². The van der Waals surface area contributed by atoms with E-state index in [9.17, 15) is 0 Å². The van der Waals surface area contributed by atoms with E-state index in [-0.39, 0.29) is 0 Å². The summed E-state index contributed by atoms with van der Waals surface area (Å²) < 4.78 is 13.1. The van der Waals surface area contributed by atoms with Crippen LogP contribution in [0.5, 0.6) is 5.88 Å². The fourth-order valence-corrected chi connectivity index (χ4v) is 3.59. The van der Waals surface area contributed by atoms with Crippen molar-refractivity contribution in [2.24, 2.45) is 0 Å². The first kappa shape index (κ1) is 16.1. The summed E-state index contributed by atoms with van der Waals surface area (Å²) in [5.74, 6) is 2.18. The lowest BCUT2D eigenvalue weighted by Gasteiger charge is -2.32. The number of hydrogen-bond donors (Lipinski definition) is 1. The van der Waals surface area contributed by atoms with E-state index in [1.54, 1.807) is 30.1 Å². The number of nitrogens with zero attached hydrogens (tertiary/aromatic N) is 5. The number of aromatic nitrogens is 4. The van der Waals surface area contributed by atoms with E-state index in [1.165, 1.54) is 0 Å². The van der Waals surface area contributed by atoms with Gasteiger partial charge in [-0.3, -0.25) is 0 Å². The van der Waals surface area contributed by atoms with Gasteiger partial charge in [-0.1, -0.05) is 0 Å². The maximum Gasteiger partial charge on any atom is 0.231 e. The number of methoxy groups -OCH3 is 1. The molecule has 4 aromatic heterocycles. The third-order valence-electron chi connectivity index (χ3n) is 4.89. The lowest BCUT2D eigenvalue weighted by atomic mass is 10.2. The van der Waals surface area contributed by atoms with Crippen LogP contribution >= 0.6 is 0 Å². The smallest absolute Gasteiger partial charge is 0.231 e. The van der Waals surface area contributed by atoms with Crippen molar-refractivity contribution in [1.82, 2.24) is 24.9 Å². The SMILES string of the molecule is COc1ccc2ncc(-c3cc4c(N5CCN[C@@H](C)C5)nccc4o3)n2n1. The van der Waals surface area contributed by atoms with Gasteiger partial charge in [0, 0.05) is 37.9 Å². The number of piperazine rings is 1. The van der Waals surface area contributed by atoms with Crippen molar-refractivity contribution < 1.29 is 9.15 Å². The Balaban J connectivity index is 1.62. The minimum atomic E-state index is 0.428. The van der Waals surface area contributed by atoms with E-state index < -0.39 is 0 Å². The van der Waals surface area contributed by atoms with Crippen LogP contribution in [0.4, 0.5) is 5.82 Å². The number of hydrogen-bond acceptors (Lipinski definition) is 7. The molecule has 4 aromatic rings. The predicted octanol–water partition coefficient (Wildman–Crippen LogP) is 2.34. The molecule has 0 amide bonds. The zero-order chi connectivity index (χ0) is 18.4. The molecule has 0 bridgehead atoms. The molecule has 1 N–H and O–H groups in total. The number of furan rings is 1. The number of rotatable bonds is 3. The first-order valence-corrected chi connectivity index (χ1v) is 8.99. The molecule has 0 spiro atoms. The molecule has 138 valence electrons. The Kier molecular flexibility index (Phi) is 3.71. The average Bonchev–Trinajstić information content (AvgIpc) is 3.30. The summed E-state index contributed by atoms with van der Waals surface area (Å²) in [6.07, 6.45) is 3.56. The number of fused-ring (bicyclic) bond motifs is 2. The molecule has 27 heavy (non-hydrogen) atoms. The average molecular weight is 364 g/mol. The molecular formula is C19H20N6O2. The standard InChI is InChI=1S/C19H20N6O2/c1-12-11-24(8-7-20-12)19-13-9-16(27-15(13)5-6-21-19)14-10-22-17-3-4-18(26-2)23-25(14)17/h3-6,9-10,12,20H,7-8,11H2,1-2H3/t12-/m0/s1. The van der Waals surface area contributed by atoms with Gasteiger partial charge in [-0.25, -0.2) is 14.5 Å². The number of ether oxygens (including phenoxy) is 1. The van der Waals surface area contributed by atoms with E-state index in [1.807, 2.05) is 18.2 Å². The van der Waals surface area contributed by atoms with Gasteiger partial charge in [0.15, 0.2) is 11.4 Å². The number of imidazole rings is 1. The van der Waals surface area contributed by atoms with E-state index in [2.05, 4.69) is 32.2 Å². The second-order valence-electron chi connectivity index (χ2n) is 6.75. The van der Waals surface area contributed by atoms with Gasteiger partial charge in [0.25, 0.3) is 0 Å². The molecule has 0 aliphatic carbocycles. The van der Waals surface area contributed by atoms with Crippen LogP contribution < -0.4 is 15.0 Å². The van der Waals surface area contributed by atoms with Crippen molar-refractivity contribution in [2.45, 2.75) is 13.0 Å². The van der Waals surface area contributed by atoms with Crippen LogP contribution in [0.2, 0.25) is 0 Å². The van der Waals surface area contributed by atoms with Crippen molar-refractivity contribution in [3.05, 3.63) is 36.7 Å². The quantitative estimate of drug-likeness (QED) is 0.598. The van der Waals surface area contributed by atoms with Crippen LogP contribution in [-0.2, 0) is 0 Å². The largest absolute Gasteiger partial charge is 0.480 e. The van der Waals surface area contributed by atoms with E-state index >= 15 is 0 Å². The Morgan fingerprint density at radius 1 is 1.26 bits per heavy atom. The summed E-state index contributed by atoms with van der Waals surface area (Å²) in [6, 6.07) is 8.00. The lowest BCUT2D eigenvalue weighted by Crippen LogP contribution is -2.49. The van der Waals surface area contributed by atoms with Crippen LogP contribution in [0, 0.1) is 0 Å². The summed E-state index contributed by atoms with van der Waals surface area (Å²) in [5.41, 5.74) is 2.32. The number of pyridine rings is 1. The van der Waals surface area contributed by atoms with Crippen LogP contribution in [0.15, 0.2) is 41.1 Å². The highest BCUT2D eigenvalue weighted by Crippen LogP contribution is 2.33. The highest BCUT2D eigenvalue weighted by Gasteiger charge is 2.21. The normalized spacial score (nSPS) is 17.7. The molecule has 8 heteroatoms. The van der Waals surface area contributed by atoms with E-state index in [4.69, 9.17) is 9.15 Å². The molecule has 8 nitrogen and oxygen atoms in total. The third kappa shape index (κ3) is 2.69. The molecule has 0 unspecified atom stereocenters. The number of anilines is 1. The molecule has 1 aliphatic heterocycles. The molecule has 1 aliphatic rings. The summed E-state index contributed by atoms with van der Waals surface area (Å²) in [6.45, 7) is 4.97. The predicted molar refractivity (Wildman–Crippen MR) is 102 cm³/mol. The Hall–Kier alpha value is -3.13. The highest BCUT2D eigenvalue weighted by molar-refractivity contribution is 5.92. The van der Waals surface area contributed by atoms with E-state index in [0.29, 0.717) is 17.7 Å². The Morgan fingerprint density at radius 3 is 3.04 bits per heavy atom. The molecule has 1 saturated heterocycles. The Morgan fingerprint density at radius 2 is 2.19 bits per heavy atom. The lowest BCUT2D eigenvalue weighted by molar-refractivity contribution is 0.390. The second kappa shape index (κ2) is 6.24. The molecule has 0 saturated carbocycles. The van der Waals surface area contributed by atoms with Crippen LogP contribution in [-0.4, -0.2) is 52.4 Å². The Labute approximate surface area is 155 Å². The van der Waals surface area contributed by atoms with Crippen LogP contribution in [0.1, 0.15) is 6.92 Å². The topological polar surface area (TPSA) is 80.7 Å². The summed E-state index contributed by atoms with van der Waals surface area (Å²) >= 11 is 0. The maximum absolute atomic E-state index is 6.13. The van der Waals surface area contributed by atoms with Gasteiger partial charge in [0.2, 0.25) is 5.88 Å². The molecular weight excluding hydrogens is 344 g/mol. The molecule has 5 heterocycles. The minimum Gasteiger partial charge on any atom is -0.480 e. The van der Waals surface area contributed by atoms with Crippen molar-refractivity contribution in [3.63, 3.8) is 0 Å². The van der Waals surface area contributed by atoms with Crippen molar-refractivity contribution in [2.75, 3.05) is 31.6 Å². The second-order valence-corrected chi connectivity index (χ2v) is 6.75. The van der Waals surface area contributed by atoms with Crippen molar-refractivity contribution in [3.8, 4) is 17.3 Å². The van der Waals surface area contributed by atoms with Gasteiger partial charge in [-0.2, -0.15) is 0 Å². The molecule has 5 rings (SSSR count). The van der Waals surface area contributed by atoms with Crippen LogP contribution in [0.3, 0.4) is 0 Å². The van der Waals surface area contributed by atoms with Gasteiger partial charge < -0.3 is 19.4 Å². The zero-order valence-corrected chi connectivity index (χ0v) is 15.2. The molecule has 0 aromatic carbocycles. The molecule has 0 radical (unpaired) electrons. The Bertz CT molecular complexity index is 1120. The maximum atomic E-state index is 6.13. The van der Waals surface area contributed by atoms with Crippen LogP contribution in [0.25, 0.3) is 28.1 Å². The summed E-state index contributed by atoms with van der Waals surface area (Å²) in [7, 11) is 1.60. The monoisotopic (exact) mass is 364 g/mol.